The molecule has 0 aromatic heterocycles. The number of alkyl halides is 3. The number of aliphatic hydroxyl groups is 1. The maximum absolute atomic E-state index is 12.4. The van der Waals surface area contributed by atoms with Gasteiger partial charge in [-0.1, -0.05) is 12.1 Å². The SMILES string of the molecule is O=C(Nc1cccc(CC(F)(F)F)c1)N1CCC[C@H]1CO. The summed E-state index contributed by atoms with van der Waals surface area (Å²) in [5.74, 6) is 0. The van der Waals surface area contributed by atoms with Crippen molar-refractivity contribution in [2.24, 2.45) is 0 Å². The summed E-state index contributed by atoms with van der Waals surface area (Å²) in [6, 6.07) is 5.09. The van der Waals surface area contributed by atoms with Crippen molar-refractivity contribution in [1.82, 2.24) is 4.90 Å². The standard InChI is InChI=1S/C14H17F3N2O2/c15-14(16,17)8-10-3-1-4-11(7-10)18-13(21)19-6-2-5-12(19)9-20/h1,3-4,7,12,20H,2,5-6,8-9H2,(H,18,21)/t12-/m0/s1. The largest absolute Gasteiger partial charge is 0.394 e. The van der Waals surface area contributed by atoms with Crippen LogP contribution in [0.25, 0.3) is 0 Å². The van der Waals surface area contributed by atoms with E-state index in [0.29, 0.717) is 12.2 Å². The molecule has 1 aliphatic rings. The number of hydrogen-bond acceptors (Lipinski definition) is 2. The van der Waals surface area contributed by atoms with E-state index in [0.717, 1.165) is 12.8 Å². The highest BCUT2D eigenvalue weighted by molar-refractivity contribution is 5.89. The number of carbonyl (C=O) groups excluding carboxylic acids is 1. The normalized spacial score (nSPS) is 18.9. The minimum atomic E-state index is -4.28. The first-order valence-electron chi connectivity index (χ1n) is 6.73. The fourth-order valence-corrected chi connectivity index (χ4v) is 2.48. The minimum absolute atomic E-state index is 0.0976. The van der Waals surface area contributed by atoms with Crippen LogP contribution in [0.3, 0.4) is 0 Å². The summed E-state index contributed by atoms with van der Waals surface area (Å²) >= 11 is 0. The zero-order valence-corrected chi connectivity index (χ0v) is 11.4. The summed E-state index contributed by atoms with van der Waals surface area (Å²) in [7, 11) is 0. The number of halogens is 3. The third-order valence-electron chi connectivity index (χ3n) is 3.43. The maximum Gasteiger partial charge on any atom is 0.393 e. The maximum atomic E-state index is 12.4. The first-order valence-corrected chi connectivity index (χ1v) is 6.73. The van der Waals surface area contributed by atoms with Crippen molar-refractivity contribution < 1.29 is 23.1 Å². The van der Waals surface area contributed by atoms with Gasteiger partial charge in [0.2, 0.25) is 0 Å². The lowest BCUT2D eigenvalue weighted by Crippen LogP contribution is -2.40. The Balaban J connectivity index is 2.02. The molecule has 0 spiro atoms. The highest BCUT2D eigenvalue weighted by Crippen LogP contribution is 2.23. The molecule has 0 bridgehead atoms. The fourth-order valence-electron chi connectivity index (χ4n) is 2.48. The molecule has 1 fully saturated rings. The van der Waals surface area contributed by atoms with E-state index in [2.05, 4.69) is 5.32 Å². The first-order chi connectivity index (χ1) is 9.89. The molecule has 0 saturated carbocycles. The van der Waals surface area contributed by atoms with Gasteiger partial charge >= 0.3 is 12.2 Å². The third-order valence-corrected chi connectivity index (χ3v) is 3.43. The van der Waals surface area contributed by atoms with Crippen LogP contribution in [0.15, 0.2) is 24.3 Å². The Labute approximate surface area is 120 Å². The number of amides is 2. The van der Waals surface area contributed by atoms with Gasteiger partial charge in [-0.3, -0.25) is 0 Å². The van der Waals surface area contributed by atoms with Gasteiger partial charge in [0.05, 0.1) is 19.1 Å². The van der Waals surface area contributed by atoms with Gasteiger partial charge in [-0.25, -0.2) is 4.79 Å². The van der Waals surface area contributed by atoms with E-state index in [1.807, 2.05) is 0 Å². The first kappa shape index (κ1) is 15.6. The molecule has 116 valence electrons. The van der Waals surface area contributed by atoms with Gasteiger partial charge in [-0.2, -0.15) is 13.2 Å². The molecule has 0 radical (unpaired) electrons. The van der Waals surface area contributed by atoms with Gasteiger partial charge in [0.1, 0.15) is 0 Å². The number of benzene rings is 1. The van der Waals surface area contributed by atoms with Crippen LogP contribution in [0.2, 0.25) is 0 Å². The van der Waals surface area contributed by atoms with E-state index >= 15 is 0 Å². The summed E-state index contributed by atoms with van der Waals surface area (Å²) < 4.78 is 37.1. The lowest BCUT2D eigenvalue weighted by atomic mass is 10.1. The van der Waals surface area contributed by atoms with Gasteiger partial charge in [0.25, 0.3) is 0 Å². The Kier molecular flexibility index (Phi) is 4.72. The highest BCUT2D eigenvalue weighted by atomic mass is 19.4. The van der Waals surface area contributed by atoms with Crippen LogP contribution in [0, 0.1) is 0 Å². The Morgan fingerprint density at radius 2 is 2.19 bits per heavy atom. The average molecular weight is 302 g/mol. The molecule has 2 amide bonds. The van der Waals surface area contributed by atoms with Gasteiger partial charge < -0.3 is 15.3 Å². The molecule has 21 heavy (non-hydrogen) atoms. The van der Waals surface area contributed by atoms with Crippen molar-refractivity contribution >= 4 is 11.7 Å². The number of nitrogens with one attached hydrogen (secondary N) is 1. The van der Waals surface area contributed by atoms with Crippen molar-refractivity contribution in [3.8, 4) is 0 Å². The predicted octanol–water partition coefficient (Wildman–Crippen LogP) is 2.78. The fraction of sp³-hybridized carbons (Fsp3) is 0.500. The van der Waals surface area contributed by atoms with E-state index in [4.69, 9.17) is 0 Å². The molecule has 1 atom stereocenters. The Bertz CT molecular complexity index is 505. The molecule has 0 aliphatic carbocycles. The summed E-state index contributed by atoms with van der Waals surface area (Å²) in [5.41, 5.74) is 0.422. The van der Waals surface area contributed by atoms with Crippen molar-refractivity contribution in [3.63, 3.8) is 0 Å². The van der Waals surface area contributed by atoms with E-state index in [9.17, 15) is 23.1 Å². The summed E-state index contributed by atoms with van der Waals surface area (Å²) in [4.78, 5) is 13.6. The molecule has 1 aliphatic heterocycles. The van der Waals surface area contributed by atoms with Gasteiger partial charge in [-0.15, -0.1) is 0 Å². The Morgan fingerprint density at radius 3 is 2.86 bits per heavy atom. The van der Waals surface area contributed by atoms with Crippen LogP contribution < -0.4 is 5.32 Å². The number of nitrogens with zero attached hydrogens (tertiary/aromatic N) is 1. The third kappa shape index (κ3) is 4.35. The Hall–Kier alpha value is -1.76. The van der Waals surface area contributed by atoms with E-state index in [1.54, 1.807) is 6.07 Å². The molecule has 2 N–H and O–H groups in total. The number of anilines is 1. The zero-order chi connectivity index (χ0) is 15.5. The lowest BCUT2D eigenvalue weighted by molar-refractivity contribution is -0.127. The minimum Gasteiger partial charge on any atom is -0.394 e. The van der Waals surface area contributed by atoms with Crippen LogP contribution in [0.4, 0.5) is 23.7 Å². The predicted molar refractivity (Wildman–Crippen MR) is 72.0 cm³/mol. The molecule has 0 unspecified atom stereocenters. The van der Waals surface area contributed by atoms with Crippen LogP contribution in [-0.2, 0) is 6.42 Å². The van der Waals surface area contributed by atoms with Crippen molar-refractivity contribution in [3.05, 3.63) is 29.8 Å². The number of hydrogen-bond donors (Lipinski definition) is 2. The van der Waals surface area contributed by atoms with Crippen LogP contribution in [0.1, 0.15) is 18.4 Å². The second kappa shape index (κ2) is 6.34. The average Bonchev–Trinajstić information content (AvgIpc) is 2.85. The van der Waals surface area contributed by atoms with Gasteiger partial charge in [-0.05, 0) is 30.5 Å². The molecule has 1 saturated heterocycles. The number of rotatable bonds is 3. The second-order valence-electron chi connectivity index (χ2n) is 5.09. The van der Waals surface area contributed by atoms with E-state index in [-0.39, 0.29) is 18.2 Å². The zero-order valence-electron chi connectivity index (χ0n) is 11.4. The molecule has 1 aromatic carbocycles. The molecule has 4 nitrogen and oxygen atoms in total. The van der Waals surface area contributed by atoms with E-state index < -0.39 is 18.6 Å². The molecule has 7 heteroatoms. The topological polar surface area (TPSA) is 52.6 Å². The molecule has 1 aromatic rings. The number of urea groups is 1. The highest BCUT2D eigenvalue weighted by Gasteiger charge is 2.29. The molecular formula is C14H17F3N2O2. The Morgan fingerprint density at radius 1 is 1.43 bits per heavy atom. The molecule has 2 rings (SSSR count). The summed E-state index contributed by atoms with van der Waals surface area (Å²) in [6.07, 6.45) is -3.76. The van der Waals surface area contributed by atoms with Crippen LogP contribution in [-0.4, -0.2) is 41.4 Å². The number of aliphatic hydroxyl groups excluding tert-OH is 1. The smallest absolute Gasteiger partial charge is 0.393 e. The van der Waals surface area contributed by atoms with Crippen LogP contribution in [0.5, 0.6) is 0 Å². The number of carbonyl (C=O) groups is 1. The van der Waals surface area contributed by atoms with Crippen LogP contribution >= 0.6 is 0 Å². The quantitative estimate of drug-likeness (QED) is 0.902. The lowest BCUT2D eigenvalue weighted by Gasteiger charge is -2.23. The molecule has 1 heterocycles. The second-order valence-corrected chi connectivity index (χ2v) is 5.09. The van der Waals surface area contributed by atoms with E-state index in [1.165, 1.54) is 23.1 Å². The van der Waals surface area contributed by atoms with Gasteiger partial charge in [0.15, 0.2) is 0 Å². The molecular weight excluding hydrogens is 285 g/mol. The summed E-state index contributed by atoms with van der Waals surface area (Å²) in [5, 5.41) is 11.8. The van der Waals surface area contributed by atoms with Crippen molar-refractivity contribution in [1.29, 1.82) is 0 Å². The summed E-state index contributed by atoms with van der Waals surface area (Å²) in [6.45, 7) is 0.431. The number of likely N-dealkylation sites (tertiary alicyclic amines) is 1. The monoisotopic (exact) mass is 302 g/mol. The van der Waals surface area contributed by atoms with Crippen molar-refractivity contribution in [2.75, 3.05) is 18.5 Å². The van der Waals surface area contributed by atoms with Crippen molar-refractivity contribution in [2.45, 2.75) is 31.5 Å². The van der Waals surface area contributed by atoms with Gasteiger partial charge in [0, 0.05) is 12.2 Å².